The summed E-state index contributed by atoms with van der Waals surface area (Å²) in [4.78, 5) is 12.9. The van der Waals surface area contributed by atoms with Crippen LogP contribution in [0.4, 0.5) is 0 Å². The van der Waals surface area contributed by atoms with E-state index in [1.165, 1.54) is 10.4 Å². The van der Waals surface area contributed by atoms with Crippen molar-refractivity contribution < 1.29 is 22.7 Å². The highest BCUT2D eigenvalue weighted by Gasteiger charge is 2.32. The summed E-state index contributed by atoms with van der Waals surface area (Å²) < 4.78 is 38.4. The van der Waals surface area contributed by atoms with Crippen LogP contribution in [-0.2, 0) is 16.6 Å². The normalized spacial score (nSPS) is 19.6. The molecular formula is C23H30N2O5S. The molecule has 0 bridgehead atoms. The van der Waals surface area contributed by atoms with Crippen molar-refractivity contribution in [3.8, 4) is 11.5 Å². The number of hydrogen-bond donors (Lipinski definition) is 1. The first-order valence-corrected chi connectivity index (χ1v) is 11.8. The number of benzene rings is 2. The summed E-state index contributed by atoms with van der Waals surface area (Å²) in [5.41, 5.74) is 1.09. The summed E-state index contributed by atoms with van der Waals surface area (Å²) in [5, 5.41) is 2.83. The molecule has 0 radical (unpaired) electrons. The second kappa shape index (κ2) is 9.70. The maximum absolute atomic E-state index is 13.1. The van der Waals surface area contributed by atoms with Gasteiger partial charge in [0, 0.05) is 36.8 Å². The first-order chi connectivity index (χ1) is 14.7. The molecule has 1 aliphatic heterocycles. The highest BCUT2D eigenvalue weighted by Crippen LogP contribution is 2.27. The van der Waals surface area contributed by atoms with Gasteiger partial charge in [-0.2, -0.15) is 4.31 Å². The third kappa shape index (κ3) is 5.37. The predicted octanol–water partition coefficient (Wildman–Crippen LogP) is 3.30. The van der Waals surface area contributed by atoms with E-state index in [1.807, 2.05) is 6.07 Å². The molecule has 3 rings (SSSR count). The molecule has 2 aromatic rings. The Balaban J connectivity index is 1.75. The summed E-state index contributed by atoms with van der Waals surface area (Å²) in [5.74, 6) is 1.53. The lowest BCUT2D eigenvalue weighted by Gasteiger charge is -2.34. The summed E-state index contributed by atoms with van der Waals surface area (Å²) in [6.07, 6.45) is 1.02. The summed E-state index contributed by atoms with van der Waals surface area (Å²) in [7, 11) is -0.526. The number of rotatable bonds is 7. The van der Waals surface area contributed by atoms with Crippen LogP contribution in [0.25, 0.3) is 0 Å². The lowest BCUT2D eigenvalue weighted by molar-refractivity contribution is 0.0950. The molecule has 1 aliphatic rings. The molecule has 8 heteroatoms. The van der Waals surface area contributed by atoms with E-state index in [-0.39, 0.29) is 17.3 Å². The SMILES string of the molecule is COc1ccc(CNC(=O)c2cccc(S(=O)(=O)N3CC(C)CC(C)C3)c2)c(OC)c1. The maximum Gasteiger partial charge on any atom is 0.251 e. The van der Waals surface area contributed by atoms with Crippen molar-refractivity contribution in [3.05, 3.63) is 53.6 Å². The number of nitrogens with one attached hydrogen (secondary N) is 1. The van der Waals surface area contributed by atoms with Crippen molar-refractivity contribution in [3.63, 3.8) is 0 Å². The molecule has 31 heavy (non-hydrogen) atoms. The molecule has 2 aromatic carbocycles. The van der Waals surface area contributed by atoms with Crippen LogP contribution in [-0.4, -0.2) is 45.9 Å². The fourth-order valence-electron chi connectivity index (χ4n) is 4.02. The van der Waals surface area contributed by atoms with Crippen molar-refractivity contribution in [1.82, 2.24) is 9.62 Å². The van der Waals surface area contributed by atoms with Crippen LogP contribution in [0, 0.1) is 11.8 Å². The number of amides is 1. The molecule has 1 saturated heterocycles. The van der Waals surface area contributed by atoms with Crippen LogP contribution < -0.4 is 14.8 Å². The Labute approximate surface area is 184 Å². The Kier molecular flexibility index (Phi) is 7.23. The quantitative estimate of drug-likeness (QED) is 0.705. The minimum absolute atomic E-state index is 0.142. The van der Waals surface area contributed by atoms with E-state index in [0.29, 0.717) is 42.0 Å². The third-order valence-corrected chi connectivity index (χ3v) is 7.33. The minimum atomic E-state index is -3.65. The Morgan fingerprint density at radius 3 is 2.42 bits per heavy atom. The molecule has 1 amide bonds. The van der Waals surface area contributed by atoms with Crippen molar-refractivity contribution in [2.24, 2.45) is 11.8 Å². The molecule has 2 atom stereocenters. The van der Waals surface area contributed by atoms with Crippen LogP contribution in [0.5, 0.6) is 11.5 Å². The molecule has 0 spiro atoms. The largest absolute Gasteiger partial charge is 0.497 e. The molecule has 0 saturated carbocycles. The van der Waals surface area contributed by atoms with Crippen LogP contribution in [0.15, 0.2) is 47.4 Å². The molecule has 0 aliphatic carbocycles. The predicted molar refractivity (Wildman–Crippen MR) is 119 cm³/mol. The van der Waals surface area contributed by atoms with Gasteiger partial charge in [-0.1, -0.05) is 19.9 Å². The number of sulfonamides is 1. The smallest absolute Gasteiger partial charge is 0.251 e. The molecule has 7 nitrogen and oxygen atoms in total. The number of carbonyl (C=O) groups is 1. The zero-order chi connectivity index (χ0) is 22.6. The van der Waals surface area contributed by atoms with E-state index in [4.69, 9.17) is 9.47 Å². The zero-order valence-corrected chi connectivity index (χ0v) is 19.2. The first kappa shape index (κ1) is 23.1. The van der Waals surface area contributed by atoms with Crippen LogP contribution >= 0.6 is 0 Å². The van der Waals surface area contributed by atoms with Crippen molar-refractivity contribution in [1.29, 1.82) is 0 Å². The molecule has 1 fully saturated rings. The standard InChI is InChI=1S/C23H30N2O5S/c1-16-10-17(2)15-25(14-16)31(27,28)21-7-5-6-18(11-21)23(26)24-13-19-8-9-20(29-3)12-22(19)30-4/h5-9,11-12,16-17H,10,13-15H2,1-4H3,(H,24,26). The number of nitrogens with zero attached hydrogens (tertiary/aromatic N) is 1. The second-order valence-electron chi connectivity index (χ2n) is 8.16. The molecule has 2 unspecified atom stereocenters. The fraction of sp³-hybridized carbons (Fsp3) is 0.435. The number of hydrogen-bond acceptors (Lipinski definition) is 5. The van der Waals surface area contributed by atoms with Gasteiger partial charge in [0.15, 0.2) is 0 Å². The van der Waals surface area contributed by atoms with Gasteiger partial charge in [-0.3, -0.25) is 4.79 Å². The van der Waals surface area contributed by atoms with Crippen LogP contribution in [0.1, 0.15) is 36.2 Å². The van der Waals surface area contributed by atoms with Gasteiger partial charge < -0.3 is 14.8 Å². The van der Waals surface area contributed by atoms with Gasteiger partial charge in [0.05, 0.1) is 19.1 Å². The van der Waals surface area contributed by atoms with E-state index in [0.717, 1.165) is 12.0 Å². The van der Waals surface area contributed by atoms with Crippen LogP contribution in [0.3, 0.4) is 0 Å². The van der Waals surface area contributed by atoms with E-state index < -0.39 is 10.0 Å². The van der Waals surface area contributed by atoms with Gasteiger partial charge in [0.1, 0.15) is 11.5 Å². The first-order valence-electron chi connectivity index (χ1n) is 10.3. The zero-order valence-electron chi connectivity index (χ0n) is 18.4. The van der Waals surface area contributed by atoms with Gasteiger partial charge in [0.2, 0.25) is 10.0 Å². The highest BCUT2D eigenvalue weighted by molar-refractivity contribution is 7.89. The second-order valence-corrected chi connectivity index (χ2v) is 10.1. The molecule has 1 heterocycles. The number of piperidine rings is 1. The molecule has 0 aromatic heterocycles. The van der Waals surface area contributed by atoms with E-state index in [1.54, 1.807) is 44.6 Å². The molecular weight excluding hydrogens is 416 g/mol. The van der Waals surface area contributed by atoms with Gasteiger partial charge in [-0.05, 0) is 48.6 Å². The maximum atomic E-state index is 13.1. The lowest BCUT2D eigenvalue weighted by atomic mass is 9.94. The monoisotopic (exact) mass is 446 g/mol. The number of ether oxygens (including phenoxy) is 2. The van der Waals surface area contributed by atoms with E-state index in [9.17, 15) is 13.2 Å². The van der Waals surface area contributed by atoms with Gasteiger partial charge >= 0.3 is 0 Å². The third-order valence-electron chi connectivity index (χ3n) is 5.50. The summed E-state index contributed by atoms with van der Waals surface area (Å²) >= 11 is 0. The van der Waals surface area contributed by atoms with Gasteiger partial charge in [-0.25, -0.2) is 8.42 Å². The average molecular weight is 447 g/mol. The van der Waals surface area contributed by atoms with Crippen molar-refractivity contribution in [2.75, 3.05) is 27.3 Å². The van der Waals surface area contributed by atoms with Crippen molar-refractivity contribution in [2.45, 2.75) is 31.7 Å². The highest BCUT2D eigenvalue weighted by atomic mass is 32.2. The Hall–Kier alpha value is -2.58. The minimum Gasteiger partial charge on any atom is -0.497 e. The molecule has 168 valence electrons. The Bertz CT molecular complexity index is 1030. The lowest BCUT2D eigenvalue weighted by Crippen LogP contribution is -2.42. The summed E-state index contributed by atoms with van der Waals surface area (Å²) in [6, 6.07) is 11.6. The Morgan fingerprint density at radius 1 is 1.06 bits per heavy atom. The van der Waals surface area contributed by atoms with Crippen LogP contribution in [0.2, 0.25) is 0 Å². The molecule has 1 N–H and O–H groups in total. The fourth-order valence-corrected chi connectivity index (χ4v) is 5.75. The Morgan fingerprint density at radius 2 is 1.77 bits per heavy atom. The topological polar surface area (TPSA) is 84.9 Å². The van der Waals surface area contributed by atoms with Gasteiger partial charge in [-0.15, -0.1) is 0 Å². The number of carbonyl (C=O) groups excluding carboxylic acids is 1. The van der Waals surface area contributed by atoms with Crippen molar-refractivity contribution >= 4 is 15.9 Å². The average Bonchev–Trinajstić information content (AvgIpc) is 2.76. The van der Waals surface area contributed by atoms with Gasteiger partial charge in [0.25, 0.3) is 5.91 Å². The van der Waals surface area contributed by atoms with E-state index >= 15 is 0 Å². The van der Waals surface area contributed by atoms with E-state index in [2.05, 4.69) is 19.2 Å². The number of methoxy groups -OCH3 is 2. The summed E-state index contributed by atoms with van der Waals surface area (Å²) in [6.45, 7) is 5.37.